The third-order valence-corrected chi connectivity index (χ3v) is 5.54. The van der Waals surface area contributed by atoms with Crippen molar-refractivity contribution < 1.29 is 24.7 Å². The van der Waals surface area contributed by atoms with E-state index in [4.69, 9.17) is 15.0 Å². The minimum Gasteiger partial charge on any atom is -0.321 e. The van der Waals surface area contributed by atoms with Crippen LogP contribution in [0.15, 0.2) is 91.1 Å². The van der Waals surface area contributed by atoms with Crippen LogP contribution in [0.3, 0.4) is 0 Å². The molecule has 2 aromatic heterocycles. The summed E-state index contributed by atoms with van der Waals surface area (Å²) in [6.07, 6.45) is 1.92. The van der Waals surface area contributed by atoms with E-state index in [9.17, 15) is 0 Å². The van der Waals surface area contributed by atoms with Crippen LogP contribution in [0.1, 0.15) is 11.1 Å². The van der Waals surface area contributed by atoms with Crippen LogP contribution >= 0.6 is 0 Å². The fraction of sp³-hybridized carbons (Fsp3) is 0.0690. The standard InChI is InChI=1S/C29H23N4.Ir/c1-20-7-11-23(12-8-20)27-30-28(24-13-9-21(2)10-14-24)32-29(31-27)25-17-15-22(16-18-25)26-6-4-5-19-33(26)3;/h4-15,17-19H,3H2,1-2H3;/q-1;. The summed E-state index contributed by atoms with van der Waals surface area (Å²) in [5.41, 5.74) is 7.14. The van der Waals surface area contributed by atoms with Crippen molar-refractivity contribution in [3.05, 3.63) is 115 Å². The first kappa shape index (κ1) is 23.5. The SMILES string of the molecule is [CH2-][n+]1ccccc1-c1[c-]cc(-c2nc(-c3ccc(C)cc3)nc(-c3ccc(C)cc3)n2)cc1.[Ir]. The first-order valence-electron chi connectivity index (χ1n) is 10.8. The van der Waals surface area contributed by atoms with Crippen molar-refractivity contribution in [2.45, 2.75) is 13.8 Å². The molecule has 2 heterocycles. The van der Waals surface area contributed by atoms with E-state index in [2.05, 4.69) is 51.2 Å². The van der Waals surface area contributed by atoms with Crippen molar-refractivity contribution in [2.75, 3.05) is 0 Å². The zero-order valence-corrected chi connectivity index (χ0v) is 21.4. The Morgan fingerprint density at radius 2 is 1.15 bits per heavy atom. The number of pyridine rings is 1. The van der Waals surface area contributed by atoms with Gasteiger partial charge in [0, 0.05) is 38.3 Å². The van der Waals surface area contributed by atoms with E-state index in [-0.39, 0.29) is 20.1 Å². The summed E-state index contributed by atoms with van der Waals surface area (Å²) in [6.45, 7) is 4.14. The van der Waals surface area contributed by atoms with E-state index in [0.717, 1.165) is 27.9 Å². The molecular formula is C29H23IrN4-. The average Bonchev–Trinajstić information content (AvgIpc) is 2.85. The number of hydrogen-bond donors (Lipinski definition) is 0. The number of rotatable bonds is 4. The second-order valence-electron chi connectivity index (χ2n) is 8.08. The number of aromatic nitrogens is 4. The van der Waals surface area contributed by atoms with Crippen molar-refractivity contribution in [1.82, 2.24) is 15.0 Å². The minimum absolute atomic E-state index is 0. The molecule has 0 unspecified atom stereocenters. The van der Waals surface area contributed by atoms with Gasteiger partial charge in [-0.3, -0.25) is 0 Å². The summed E-state index contributed by atoms with van der Waals surface area (Å²) in [4.78, 5) is 14.4. The Bertz CT molecular complexity index is 1350. The van der Waals surface area contributed by atoms with Gasteiger partial charge in [0.05, 0.1) is 6.20 Å². The van der Waals surface area contributed by atoms with Gasteiger partial charge < -0.3 is 4.57 Å². The number of hydrogen-bond acceptors (Lipinski definition) is 3. The maximum atomic E-state index is 4.81. The quantitative estimate of drug-likeness (QED) is 0.187. The van der Waals surface area contributed by atoms with Crippen LogP contribution in [0.25, 0.3) is 45.4 Å². The molecule has 0 aliphatic carbocycles. The Kier molecular flexibility index (Phi) is 6.97. The molecule has 5 aromatic rings. The van der Waals surface area contributed by atoms with Crippen molar-refractivity contribution in [1.29, 1.82) is 0 Å². The van der Waals surface area contributed by atoms with Gasteiger partial charge in [0.1, 0.15) is 11.5 Å². The number of nitrogens with zero attached hydrogens (tertiary/aromatic N) is 4. The Hall–Kier alpha value is -3.66. The molecule has 0 aliphatic rings. The maximum Gasteiger partial charge on any atom is 0.163 e. The summed E-state index contributed by atoms with van der Waals surface area (Å²) in [5, 5.41) is 0. The molecule has 3 aromatic carbocycles. The van der Waals surface area contributed by atoms with Crippen LogP contribution in [0.5, 0.6) is 0 Å². The van der Waals surface area contributed by atoms with Crippen LogP contribution in [-0.4, -0.2) is 15.0 Å². The topological polar surface area (TPSA) is 42.5 Å². The van der Waals surface area contributed by atoms with Gasteiger partial charge in [-0.15, -0.1) is 24.3 Å². The molecule has 0 N–H and O–H groups in total. The first-order chi connectivity index (χ1) is 16.1. The van der Waals surface area contributed by atoms with Gasteiger partial charge in [-0.1, -0.05) is 82.9 Å². The molecular weight excluding hydrogens is 597 g/mol. The molecule has 1 radical (unpaired) electrons. The van der Waals surface area contributed by atoms with Gasteiger partial charge in [-0.2, -0.15) is 0 Å². The summed E-state index contributed by atoms with van der Waals surface area (Å²) in [6, 6.07) is 31.8. The maximum absolute atomic E-state index is 4.81. The van der Waals surface area contributed by atoms with Crippen LogP contribution in [0.4, 0.5) is 0 Å². The van der Waals surface area contributed by atoms with Gasteiger partial charge in [-0.05, 0) is 19.9 Å². The second-order valence-corrected chi connectivity index (χ2v) is 8.08. The van der Waals surface area contributed by atoms with Crippen LogP contribution in [0, 0.1) is 27.0 Å². The Balaban J connectivity index is 0.00000274. The van der Waals surface area contributed by atoms with E-state index in [1.54, 1.807) is 0 Å². The number of benzene rings is 3. The molecule has 0 atom stereocenters. The molecule has 0 saturated heterocycles. The van der Waals surface area contributed by atoms with E-state index < -0.39 is 0 Å². The predicted octanol–water partition coefficient (Wildman–Crippen LogP) is 5.88. The van der Waals surface area contributed by atoms with Crippen LogP contribution in [-0.2, 0) is 20.1 Å². The smallest absolute Gasteiger partial charge is 0.163 e. The largest absolute Gasteiger partial charge is 0.321 e. The third kappa shape index (κ3) is 4.96. The van der Waals surface area contributed by atoms with Gasteiger partial charge in [-0.25, -0.2) is 15.0 Å². The Labute approximate surface area is 213 Å². The summed E-state index contributed by atoms with van der Waals surface area (Å²) in [7, 11) is 4.04. The molecule has 0 amide bonds. The molecule has 4 nitrogen and oxygen atoms in total. The first-order valence-corrected chi connectivity index (χ1v) is 10.8. The Morgan fingerprint density at radius 1 is 0.647 bits per heavy atom. The van der Waals surface area contributed by atoms with E-state index >= 15 is 0 Å². The van der Waals surface area contributed by atoms with Crippen molar-refractivity contribution in [3.8, 4) is 45.4 Å². The van der Waals surface area contributed by atoms with Crippen molar-refractivity contribution in [3.63, 3.8) is 0 Å². The number of aryl methyl sites for hydroxylation is 2. The van der Waals surface area contributed by atoms with E-state index in [0.29, 0.717) is 17.5 Å². The molecule has 0 fully saturated rings. The van der Waals surface area contributed by atoms with E-state index in [1.807, 2.05) is 71.4 Å². The fourth-order valence-electron chi connectivity index (χ4n) is 3.61. The molecule has 0 bridgehead atoms. The van der Waals surface area contributed by atoms with Crippen molar-refractivity contribution in [2.24, 2.45) is 0 Å². The molecule has 169 valence electrons. The average molecular weight is 620 g/mol. The zero-order chi connectivity index (χ0) is 22.8. The zero-order valence-electron chi connectivity index (χ0n) is 19.0. The van der Waals surface area contributed by atoms with Crippen molar-refractivity contribution >= 4 is 0 Å². The van der Waals surface area contributed by atoms with E-state index in [1.165, 1.54) is 11.1 Å². The second kappa shape index (κ2) is 10.1. The fourth-order valence-corrected chi connectivity index (χ4v) is 3.61. The molecule has 5 rings (SSSR count). The monoisotopic (exact) mass is 620 g/mol. The molecule has 5 heteroatoms. The summed E-state index contributed by atoms with van der Waals surface area (Å²) < 4.78 is 1.83. The Morgan fingerprint density at radius 3 is 1.62 bits per heavy atom. The predicted molar refractivity (Wildman–Crippen MR) is 131 cm³/mol. The van der Waals surface area contributed by atoms with Crippen LogP contribution < -0.4 is 4.57 Å². The molecule has 0 spiro atoms. The minimum atomic E-state index is 0. The van der Waals surface area contributed by atoms with Gasteiger partial charge in [0.2, 0.25) is 0 Å². The third-order valence-electron chi connectivity index (χ3n) is 5.54. The van der Waals surface area contributed by atoms with Gasteiger partial charge in [0.25, 0.3) is 0 Å². The van der Waals surface area contributed by atoms with Gasteiger partial charge >= 0.3 is 0 Å². The molecule has 0 aliphatic heterocycles. The summed E-state index contributed by atoms with van der Waals surface area (Å²) >= 11 is 0. The van der Waals surface area contributed by atoms with Gasteiger partial charge in [0.15, 0.2) is 11.6 Å². The normalized spacial score (nSPS) is 10.5. The molecule has 0 saturated carbocycles. The van der Waals surface area contributed by atoms with Crippen LogP contribution in [0.2, 0.25) is 0 Å². The molecule has 34 heavy (non-hydrogen) atoms. The summed E-state index contributed by atoms with van der Waals surface area (Å²) in [5.74, 6) is 1.92.